The zero-order valence-electron chi connectivity index (χ0n) is 30.3. The summed E-state index contributed by atoms with van der Waals surface area (Å²) in [6.07, 6.45) is 0. The Morgan fingerprint density at radius 2 is 0.691 bits per heavy atom. The van der Waals surface area contributed by atoms with Gasteiger partial charge < -0.3 is 0 Å². The molecule has 11 rings (SSSR count). The van der Waals surface area contributed by atoms with Crippen LogP contribution in [0.3, 0.4) is 0 Å². The lowest BCUT2D eigenvalue weighted by Crippen LogP contribution is -2.28. The molecule has 0 nitrogen and oxygen atoms in total. The van der Waals surface area contributed by atoms with Crippen molar-refractivity contribution in [2.75, 3.05) is 0 Å². The Hall–Kier alpha value is -7.02. The minimum atomic E-state index is -0.450. The van der Waals surface area contributed by atoms with Gasteiger partial charge in [-0.05, 0) is 135 Å². The van der Waals surface area contributed by atoms with E-state index in [9.17, 15) is 0 Å². The third-order valence-electron chi connectivity index (χ3n) is 11.9. The summed E-state index contributed by atoms with van der Waals surface area (Å²) in [5.41, 5.74) is 14.7. The van der Waals surface area contributed by atoms with Gasteiger partial charge in [-0.2, -0.15) is 0 Å². The van der Waals surface area contributed by atoms with Crippen molar-refractivity contribution < 1.29 is 0 Å². The van der Waals surface area contributed by atoms with E-state index in [1.165, 1.54) is 99.1 Å². The van der Waals surface area contributed by atoms with Crippen LogP contribution in [0.5, 0.6) is 0 Å². The lowest BCUT2D eigenvalue weighted by molar-refractivity contribution is 0.775. The van der Waals surface area contributed by atoms with Gasteiger partial charge in [-0.25, -0.2) is 0 Å². The van der Waals surface area contributed by atoms with E-state index >= 15 is 0 Å². The van der Waals surface area contributed by atoms with Crippen LogP contribution < -0.4 is 0 Å². The second kappa shape index (κ2) is 12.5. The van der Waals surface area contributed by atoms with Crippen molar-refractivity contribution >= 4 is 32.3 Å². The maximum Gasteiger partial charge on any atom is 0.0719 e. The zero-order valence-corrected chi connectivity index (χ0v) is 30.3. The summed E-state index contributed by atoms with van der Waals surface area (Å²) in [6, 6.07) is 81.0. The summed E-state index contributed by atoms with van der Waals surface area (Å²) in [6.45, 7) is 0. The van der Waals surface area contributed by atoms with Gasteiger partial charge >= 0.3 is 0 Å². The van der Waals surface area contributed by atoms with Gasteiger partial charge in [0.25, 0.3) is 0 Å². The van der Waals surface area contributed by atoms with Gasteiger partial charge in [0.15, 0.2) is 0 Å². The highest BCUT2D eigenvalue weighted by atomic mass is 14.5. The minimum Gasteiger partial charge on any atom is -0.0622 e. The molecule has 10 aromatic carbocycles. The SMILES string of the molecule is c1ccc(C2(c3ccccc3)c3ccccc3-c3ccc4cc(-c5cc(-c6ccc7ccccc7c6)cc(-c6ccc7ccccc7c6)c5)ccc4c32)cc1. The molecule has 55 heavy (non-hydrogen) atoms. The fraction of sp³-hybridized carbons (Fsp3) is 0.0182. The van der Waals surface area contributed by atoms with Gasteiger partial charge in [0.1, 0.15) is 0 Å². The lowest BCUT2D eigenvalue weighted by Gasteiger charge is -2.34. The van der Waals surface area contributed by atoms with Gasteiger partial charge in [0.05, 0.1) is 5.41 Å². The molecule has 0 saturated carbocycles. The van der Waals surface area contributed by atoms with E-state index in [4.69, 9.17) is 0 Å². The summed E-state index contributed by atoms with van der Waals surface area (Å²) >= 11 is 0. The molecular weight excluding hydrogens is 661 g/mol. The number of hydrogen-bond acceptors (Lipinski definition) is 0. The van der Waals surface area contributed by atoms with Crippen LogP contribution in [-0.2, 0) is 5.41 Å². The molecule has 1 aliphatic rings. The molecule has 1 aliphatic carbocycles. The van der Waals surface area contributed by atoms with E-state index in [2.05, 4.69) is 218 Å². The standard InChI is InChI=1S/C55H36/c1-3-17-48(18-4-1)55(49-19-5-2-6-20-49)53-22-12-11-21-51(53)52-30-28-44-33-43(27-29-50(44)54(52)55)47-35-45(41-25-23-37-13-7-9-15-39(37)31-41)34-46(36-47)42-26-24-38-14-8-10-16-40(38)32-42/h1-36H. The molecule has 0 aromatic heterocycles. The van der Waals surface area contributed by atoms with Crippen molar-refractivity contribution in [3.05, 3.63) is 241 Å². The fourth-order valence-corrected chi connectivity index (χ4v) is 9.33. The molecule has 0 saturated heterocycles. The van der Waals surface area contributed by atoms with Crippen LogP contribution in [0, 0.1) is 0 Å². The van der Waals surface area contributed by atoms with Crippen molar-refractivity contribution in [1.29, 1.82) is 0 Å². The molecule has 0 bridgehead atoms. The highest BCUT2D eigenvalue weighted by molar-refractivity contribution is 6.02. The molecule has 0 atom stereocenters. The van der Waals surface area contributed by atoms with Crippen molar-refractivity contribution in [3.63, 3.8) is 0 Å². The Balaban J connectivity index is 1.14. The number of rotatable bonds is 5. The molecule has 0 unspecified atom stereocenters. The largest absolute Gasteiger partial charge is 0.0719 e. The smallest absolute Gasteiger partial charge is 0.0622 e. The second-order valence-electron chi connectivity index (χ2n) is 14.9. The first kappa shape index (κ1) is 31.5. The quantitative estimate of drug-likeness (QED) is 0.168. The van der Waals surface area contributed by atoms with E-state index in [-0.39, 0.29) is 0 Å². The normalized spacial score (nSPS) is 12.9. The van der Waals surface area contributed by atoms with E-state index in [0.717, 1.165) is 0 Å². The molecule has 0 aliphatic heterocycles. The first-order valence-electron chi connectivity index (χ1n) is 19.2. The van der Waals surface area contributed by atoms with Crippen molar-refractivity contribution in [2.45, 2.75) is 5.41 Å². The maximum atomic E-state index is 2.41. The first-order valence-corrected chi connectivity index (χ1v) is 19.2. The van der Waals surface area contributed by atoms with E-state index in [0.29, 0.717) is 0 Å². The fourth-order valence-electron chi connectivity index (χ4n) is 9.33. The van der Waals surface area contributed by atoms with Crippen LogP contribution in [0.4, 0.5) is 0 Å². The van der Waals surface area contributed by atoms with Crippen LogP contribution in [0.1, 0.15) is 22.3 Å². The van der Waals surface area contributed by atoms with Crippen LogP contribution in [0.15, 0.2) is 218 Å². The minimum absolute atomic E-state index is 0.450. The summed E-state index contributed by atoms with van der Waals surface area (Å²) in [5.74, 6) is 0. The summed E-state index contributed by atoms with van der Waals surface area (Å²) < 4.78 is 0. The Labute approximate surface area is 321 Å². The van der Waals surface area contributed by atoms with Crippen LogP contribution in [0.25, 0.3) is 76.8 Å². The molecule has 0 spiro atoms. The van der Waals surface area contributed by atoms with E-state index < -0.39 is 5.41 Å². The van der Waals surface area contributed by atoms with Gasteiger partial charge in [-0.15, -0.1) is 0 Å². The summed E-state index contributed by atoms with van der Waals surface area (Å²) in [5, 5.41) is 7.53. The predicted octanol–water partition coefficient (Wildman–Crippen LogP) is 14.5. The third-order valence-corrected chi connectivity index (χ3v) is 11.9. The van der Waals surface area contributed by atoms with Crippen molar-refractivity contribution in [2.24, 2.45) is 0 Å². The van der Waals surface area contributed by atoms with E-state index in [1.807, 2.05) is 0 Å². The zero-order chi connectivity index (χ0) is 36.3. The Bertz CT molecular complexity index is 2940. The Morgan fingerprint density at radius 3 is 1.25 bits per heavy atom. The highest BCUT2D eigenvalue weighted by Gasteiger charge is 2.46. The molecule has 0 fully saturated rings. The average Bonchev–Trinajstić information content (AvgIpc) is 3.58. The molecule has 0 amide bonds. The molecule has 10 aromatic rings. The van der Waals surface area contributed by atoms with Crippen LogP contribution in [0.2, 0.25) is 0 Å². The average molecular weight is 697 g/mol. The molecule has 0 N–H and O–H groups in total. The summed E-state index contributed by atoms with van der Waals surface area (Å²) in [7, 11) is 0. The molecule has 0 heterocycles. The van der Waals surface area contributed by atoms with Gasteiger partial charge in [-0.3, -0.25) is 0 Å². The lowest BCUT2D eigenvalue weighted by atomic mass is 9.66. The number of fused-ring (bicyclic) bond motifs is 7. The summed E-state index contributed by atoms with van der Waals surface area (Å²) in [4.78, 5) is 0. The van der Waals surface area contributed by atoms with Crippen molar-refractivity contribution in [3.8, 4) is 44.5 Å². The van der Waals surface area contributed by atoms with Crippen LogP contribution in [-0.4, -0.2) is 0 Å². The second-order valence-corrected chi connectivity index (χ2v) is 14.9. The van der Waals surface area contributed by atoms with E-state index in [1.54, 1.807) is 0 Å². The van der Waals surface area contributed by atoms with Gasteiger partial charge in [0.2, 0.25) is 0 Å². The predicted molar refractivity (Wildman–Crippen MR) is 233 cm³/mol. The first-order chi connectivity index (χ1) is 27.2. The Kier molecular flexibility index (Phi) is 7.19. The molecule has 0 heteroatoms. The third kappa shape index (κ3) is 4.99. The molecule has 256 valence electrons. The van der Waals surface area contributed by atoms with Crippen molar-refractivity contribution in [1.82, 2.24) is 0 Å². The van der Waals surface area contributed by atoms with Gasteiger partial charge in [0, 0.05) is 0 Å². The van der Waals surface area contributed by atoms with Gasteiger partial charge in [-0.1, -0.05) is 182 Å². The Morgan fingerprint density at radius 1 is 0.255 bits per heavy atom. The highest BCUT2D eigenvalue weighted by Crippen LogP contribution is 2.58. The van der Waals surface area contributed by atoms with Crippen LogP contribution >= 0.6 is 0 Å². The molecule has 0 radical (unpaired) electrons. The number of hydrogen-bond donors (Lipinski definition) is 0. The monoisotopic (exact) mass is 696 g/mol. The topological polar surface area (TPSA) is 0 Å². The maximum absolute atomic E-state index is 2.41. The molecular formula is C55H36. The number of benzene rings is 10.